The number of nitrogens with zero attached hydrogens (tertiary/aromatic N) is 3. The molecule has 1 saturated heterocycles. The van der Waals surface area contributed by atoms with Gasteiger partial charge in [0.2, 0.25) is 5.91 Å². The van der Waals surface area contributed by atoms with Gasteiger partial charge in [0.05, 0.1) is 7.11 Å². The quantitative estimate of drug-likeness (QED) is 0.644. The van der Waals surface area contributed by atoms with Gasteiger partial charge < -0.3 is 19.3 Å². The highest BCUT2D eigenvalue weighted by Crippen LogP contribution is 2.28. The molecule has 0 aliphatic carbocycles. The molecule has 0 bridgehead atoms. The molecule has 0 aromatic heterocycles. The number of rotatable bonds is 6. The summed E-state index contributed by atoms with van der Waals surface area (Å²) in [5, 5.41) is 8.62. The molecule has 2 aromatic rings. The van der Waals surface area contributed by atoms with Gasteiger partial charge in [-0.1, -0.05) is 6.07 Å². The van der Waals surface area contributed by atoms with Crippen molar-refractivity contribution in [3.63, 3.8) is 0 Å². The number of carbonyl (C=O) groups is 2. The summed E-state index contributed by atoms with van der Waals surface area (Å²) >= 11 is 0. The molecule has 2 amide bonds. The third-order valence-corrected chi connectivity index (χ3v) is 4.94. The van der Waals surface area contributed by atoms with Crippen LogP contribution in [0.25, 0.3) is 6.08 Å². The summed E-state index contributed by atoms with van der Waals surface area (Å²) in [5.41, 5.74) is 0.784. The molecule has 0 N–H and O–H groups in total. The second-order valence-electron chi connectivity index (χ2n) is 6.94. The van der Waals surface area contributed by atoms with Crippen LogP contribution in [0.15, 0.2) is 42.5 Å². The lowest BCUT2D eigenvalue weighted by Crippen LogP contribution is -2.50. The molecule has 32 heavy (non-hydrogen) atoms. The molecule has 166 valence electrons. The molecule has 1 fully saturated rings. The lowest BCUT2D eigenvalue weighted by Gasteiger charge is -2.34. The fourth-order valence-corrected chi connectivity index (χ4v) is 3.23. The van der Waals surface area contributed by atoms with Crippen LogP contribution in [0.5, 0.6) is 11.5 Å². The van der Waals surface area contributed by atoms with Crippen LogP contribution < -0.4 is 9.47 Å². The van der Waals surface area contributed by atoms with Gasteiger partial charge in [-0.15, -0.1) is 0 Å². The number of carbonyl (C=O) groups excluding carboxylic acids is 2. The van der Waals surface area contributed by atoms with Gasteiger partial charge in [-0.25, -0.2) is 8.78 Å². The highest BCUT2D eigenvalue weighted by Gasteiger charge is 2.24. The van der Waals surface area contributed by atoms with E-state index in [1.165, 1.54) is 24.2 Å². The Morgan fingerprint density at radius 2 is 1.75 bits per heavy atom. The van der Waals surface area contributed by atoms with Crippen molar-refractivity contribution in [3.05, 3.63) is 65.2 Å². The van der Waals surface area contributed by atoms with Crippen molar-refractivity contribution in [1.82, 2.24) is 9.80 Å². The molecular formula is C23H21F2N3O4. The Kier molecular flexibility index (Phi) is 7.39. The average Bonchev–Trinajstić information content (AvgIpc) is 2.82. The summed E-state index contributed by atoms with van der Waals surface area (Å²) in [6.07, 6.45) is 3.06. The minimum absolute atomic E-state index is 0.0692. The zero-order chi connectivity index (χ0) is 23.1. The van der Waals surface area contributed by atoms with Crippen LogP contribution >= 0.6 is 0 Å². The standard InChI is InChI=1S/C23H21F2N3O4/c1-31-21-14-16(2-6-20(21)32-13-8-26)3-7-22(29)27-9-11-28(12-10-27)23(30)17-4-5-18(24)19(25)15-17/h2-7,14-15H,9-13H2,1H3/b7-3+. The second kappa shape index (κ2) is 10.4. The molecule has 7 nitrogen and oxygen atoms in total. The molecule has 0 saturated carbocycles. The van der Waals surface area contributed by atoms with Gasteiger partial charge in [0, 0.05) is 37.8 Å². The monoisotopic (exact) mass is 441 g/mol. The Bertz CT molecular complexity index is 1070. The van der Waals surface area contributed by atoms with E-state index in [0.717, 1.165) is 12.1 Å². The van der Waals surface area contributed by atoms with E-state index < -0.39 is 17.5 Å². The zero-order valence-electron chi connectivity index (χ0n) is 17.4. The zero-order valence-corrected chi connectivity index (χ0v) is 17.4. The van der Waals surface area contributed by atoms with Gasteiger partial charge in [-0.2, -0.15) is 5.26 Å². The summed E-state index contributed by atoms with van der Waals surface area (Å²) in [5.74, 6) is -1.83. The van der Waals surface area contributed by atoms with Gasteiger partial charge in [-0.3, -0.25) is 9.59 Å². The number of ether oxygens (including phenoxy) is 2. The fraction of sp³-hybridized carbons (Fsp3) is 0.261. The van der Waals surface area contributed by atoms with Crippen LogP contribution in [-0.2, 0) is 4.79 Å². The minimum atomic E-state index is -1.07. The molecule has 1 aliphatic heterocycles. The Balaban J connectivity index is 1.57. The predicted octanol–water partition coefficient (Wildman–Crippen LogP) is 2.87. The maximum Gasteiger partial charge on any atom is 0.254 e. The first-order chi connectivity index (χ1) is 15.4. The summed E-state index contributed by atoms with van der Waals surface area (Å²) in [7, 11) is 1.48. The van der Waals surface area contributed by atoms with Gasteiger partial charge in [0.1, 0.15) is 6.07 Å². The van der Waals surface area contributed by atoms with Crippen molar-refractivity contribution in [1.29, 1.82) is 5.26 Å². The van der Waals surface area contributed by atoms with Crippen molar-refractivity contribution in [2.45, 2.75) is 0 Å². The Labute approximate surface area is 184 Å². The molecule has 0 radical (unpaired) electrons. The van der Waals surface area contributed by atoms with E-state index >= 15 is 0 Å². The SMILES string of the molecule is COc1cc(/C=C/C(=O)N2CCN(C(=O)c3ccc(F)c(F)c3)CC2)ccc1OCC#N. The highest BCUT2D eigenvalue weighted by atomic mass is 19.2. The van der Waals surface area contributed by atoms with Crippen LogP contribution in [0.3, 0.4) is 0 Å². The summed E-state index contributed by atoms with van der Waals surface area (Å²) < 4.78 is 37.0. The molecule has 9 heteroatoms. The van der Waals surface area contributed by atoms with Gasteiger partial charge in [-0.05, 0) is 42.0 Å². The first kappa shape index (κ1) is 22.7. The normalized spacial score (nSPS) is 13.7. The molecule has 1 aliphatic rings. The molecular weight excluding hydrogens is 420 g/mol. The third kappa shape index (κ3) is 5.40. The Hall–Kier alpha value is -3.93. The maximum absolute atomic E-state index is 13.4. The summed E-state index contributed by atoms with van der Waals surface area (Å²) in [4.78, 5) is 28.1. The van der Waals surface area contributed by atoms with Crippen LogP contribution in [0.1, 0.15) is 15.9 Å². The van der Waals surface area contributed by atoms with Gasteiger partial charge in [0.25, 0.3) is 5.91 Å². The largest absolute Gasteiger partial charge is 0.493 e. The van der Waals surface area contributed by atoms with Crippen molar-refractivity contribution in [2.75, 3.05) is 39.9 Å². The highest BCUT2D eigenvalue weighted by molar-refractivity contribution is 5.95. The number of hydrogen-bond donors (Lipinski definition) is 0. The van der Waals surface area contributed by atoms with E-state index in [9.17, 15) is 18.4 Å². The maximum atomic E-state index is 13.4. The number of methoxy groups -OCH3 is 1. The van der Waals surface area contributed by atoms with Crippen LogP contribution in [0.4, 0.5) is 8.78 Å². The van der Waals surface area contributed by atoms with Crippen molar-refractivity contribution >= 4 is 17.9 Å². The second-order valence-corrected chi connectivity index (χ2v) is 6.94. The predicted molar refractivity (Wildman–Crippen MR) is 112 cm³/mol. The van der Waals surface area contributed by atoms with Crippen molar-refractivity contribution in [2.24, 2.45) is 0 Å². The fourth-order valence-electron chi connectivity index (χ4n) is 3.23. The topological polar surface area (TPSA) is 82.9 Å². The number of benzene rings is 2. The van der Waals surface area contributed by atoms with Crippen molar-refractivity contribution in [3.8, 4) is 17.6 Å². The van der Waals surface area contributed by atoms with Gasteiger partial charge >= 0.3 is 0 Å². The Morgan fingerprint density at radius 3 is 2.41 bits per heavy atom. The Morgan fingerprint density at radius 1 is 1.03 bits per heavy atom. The third-order valence-electron chi connectivity index (χ3n) is 4.94. The van der Waals surface area contributed by atoms with Gasteiger partial charge in [0.15, 0.2) is 29.7 Å². The van der Waals surface area contributed by atoms with Crippen LogP contribution in [-0.4, -0.2) is 61.5 Å². The van der Waals surface area contributed by atoms with E-state index in [2.05, 4.69) is 0 Å². The summed E-state index contributed by atoms with van der Waals surface area (Å²) in [6.45, 7) is 1.12. The number of nitriles is 1. The number of hydrogen-bond acceptors (Lipinski definition) is 5. The van der Waals surface area contributed by atoms with E-state index in [1.54, 1.807) is 29.2 Å². The number of halogens is 2. The molecule has 0 spiro atoms. The summed E-state index contributed by atoms with van der Waals surface area (Å²) in [6, 6.07) is 10.0. The molecule has 1 heterocycles. The van der Waals surface area contributed by atoms with Crippen LogP contribution in [0, 0.1) is 23.0 Å². The average molecular weight is 441 g/mol. The molecule has 3 rings (SSSR count). The number of piperazine rings is 1. The molecule has 2 aromatic carbocycles. The minimum Gasteiger partial charge on any atom is -0.493 e. The van der Waals surface area contributed by atoms with E-state index in [4.69, 9.17) is 14.7 Å². The van der Waals surface area contributed by atoms with E-state index in [0.29, 0.717) is 30.2 Å². The number of amides is 2. The van der Waals surface area contributed by atoms with Crippen molar-refractivity contribution < 1.29 is 27.8 Å². The lowest BCUT2D eigenvalue weighted by molar-refractivity contribution is -0.127. The first-order valence-electron chi connectivity index (χ1n) is 9.82. The van der Waals surface area contributed by atoms with Crippen LogP contribution in [0.2, 0.25) is 0 Å². The molecule has 0 atom stereocenters. The van der Waals surface area contributed by atoms with E-state index in [1.807, 2.05) is 6.07 Å². The first-order valence-corrected chi connectivity index (χ1v) is 9.82. The molecule has 0 unspecified atom stereocenters. The lowest BCUT2D eigenvalue weighted by atomic mass is 10.1. The van der Waals surface area contributed by atoms with E-state index in [-0.39, 0.29) is 31.2 Å². The smallest absolute Gasteiger partial charge is 0.254 e.